The second-order valence-corrected chi connectivity index (χ2v) is 19.6. The van der Waals surface area contributed by atoms with E-state index in [4.69, 9.17) is 30.1 Å². The SMILES string of the molecule is C#CC(=NC)[C@H](C/C(C=C)=C/C=C)NC(=O)[C@H](C)[C@@H](OC)[C@@H]1CCCN1C(=O)C[C@@H](OC)[C@H](C1CCCC1)N(C)C(=O)[C@@H](NC(=O)C(C)(C)NC(=O)CCOCCOCCOCCN1C(=O)C=CC1=O)C(C)C. The fourth-order valence-corrected chi connectivity index (χ4v) is 9.72. The van der Waals surface area contributed by atoms with E-state index in [1.54, 1.807) is 70.0 Å². The molecule has 0 aromatic rings. The first-order valence-corrected chi connectivity index (χ1v) is 25.5. The summed E-state index contributed by atoms with van der Waals surface area (Å²) >= 11 is 0. The minimum atomic E-state index is -1.39. The number of likely N-dealkylation sites (tertiary alicyclic amines) is 1. The number of imide groups is 1. The molecular weight excluding hydrogens is 939 g/mol. The van der Waals surface area contributed by atoms with E-state index in [0.717, 1.165) is 36.2 Å². The Balaban J connectivity index is 1.61. The Hall–Kier alpha value is -5.52. The highest BCUT2D eigenvalue weighted by Crippen LogP contribution is 2.35. The lowest BCUT2D eigenvalue weighted by atomic mass is 9.88. The Kier molecular flexibility index (Phi) is 26.5. The summed E-state index contributed by atoms with van der Waals surface area (Å²) in [4.78, 5) is 102. The molecule has 1 aliphatic carbocycles. The summed E-state index contributed by atoms with van der Waals surface area (Å²) < 4.78 is 28.6. The van der Waals surface area contributed by atoms with Gasteiger partial charge in [0.2, 0.25) is 29.5 Å². The summed E-state index contributed by atoms with van der Waals surface area (Å²) in [5.41, 5.74) is -0.201. The van der Waals surface area contributed by atoms with E-state index in [0.29, 0.717) is 31.5 Å². The molecule has 0 bridgehead atoms. The van der Waals surface area contributed by atoms with Gasteiger partial charge in [-0.2, -0.15) is 0 Å². The number of ether oxygens (including phenoxy) is 5. The highest BCUT2D eigenvalue weighted by Gasteiger charge is 2.45. The summed E-state index contributed by atoms with van der Waals surface area (Å²) in [5, 5.41) is 8.74. The van der Waals surface area contributed by atoms with E-state index in [9.17, 15) is 33.6 Å². The summed E-state index contributed by atoms with van der Waals surface area (Å²) in [7, 11) is 6.36. The van der Waals surface area contributed by atoms with Crippen molar-refractivity contribution in [2.24, 2.45) is 22.7 Å². The molecule has 19 nitrogen and oxygen atoms in total. The molecule has 0 aromatic heterocycles. The predicted molar refractivity (Wildman–Crippen MR) is 278 cm³/mol. The molecule has 73 heavy (non-hydrogen) atoms. The van der Waals surface area contributed by atoms with Crippen molar-refractivity contribution in [1.29, 1.82) is 0 Å². The molecule has 0 unspecified atom stereocenters. The molecule has 19 heteroatoms. The number of aliphatic imine (C=N–C) groups is 1. The van der Waals surface area contributed by atoms with Crippen LogP contribution in [0.4, 0.5) is 0 Å². The van der Waals surface area contributed by atoms with Crippen LogP contribution in [0.3, 0.4) is 0 Å². The van der Waals surface area contributed by atoms with E-state index in [1.165, 1.54) is 19.3 Å². The van der Waals surface area contributed by atoms with E-state index in [1.807, 2.05) is 13.8 Å². The minimum absolute atomic E-state index is 0.0221. The van der Waals surface area contributed by atoms with Crippen LogP contribution >= 0.6 is 0 Å². The smallest absolute Gasteiger partial charge is 0.253 e. The number of carbonyl (C=O) groups excluding carboxylic acids is 7. The number of hydrogen-bond acceptors (Lipinski definition) is 13. The summed E-state index contributed by atoms with van der Waals surface area (Å²) in [5.74, 6) is -0.926. The van der Waals surface area contributed by atoms with E-state index < -0.39 is 59.6 Å². The molecule has 406 valence electrons. The van der Waals surface area contributed by atoms with Gasteiger partial charge in [0.1, 0.15) is 17.3 Å². The van der Waals surface area contributed by atoms with Crippen molar-refractivity contribution in [3.63, 3.8) is 0 Å². The van der Waals surface area contributed by atoms with Crippen molar-refractivity contribution in [3.05, 3.63) is 49.1 Å². The summed E-state index contributed by atoms with van der Waals surface area (Å²) in [6.45, 7) is 18.1. The number of hydrogen-bond donors (Lipinski definition) is 3. The molecule has 2 aliphatic heterocycles. The molecule has 3 N–H and O–H groups in total. The van der Waals surface area contributed by atoms with Crippen LogP contribution in [0, 0.1) is 30.1 Å². The van der Waals surface area contributed by atoms with Crippen molar-refractivity contribution in [3.8, 4) is 12.3 Å². The first-order valence-electron chi connectivity index (χ1n) is 25.5. The number of allylic oxidation sites excluding steroid dienone is 3. The van der Waals surface area contributed by atoms with Crippen LogP contribution in [0.5, 0.6) is 0 Å². The van der Waals surface area contributed by atoms with Gasteiger partial charge in [0.05, 0.1) is 88.9 Å². The van der Waals surface area contributed by atoms with E-state index in [-0.39, 0.29) is 100 Å². The van der Waals surface area contributed by atoms with Crippen LogP contribution in [0.1, 0.15) is 92.4 Å². The van der Waals surface area contributed by atoms with Crippen LogP contribution in [0.25, 0.3) is 0 Å². The van der Waals surface area contributed by atoms with Crippen LogP contribution in [-0.2, 0) is 57.2 Å². The Bertz CT molecular complexity index is 2020. The molecule has 1 saturated heterocycles. The quantitative estimate of drug-likeness (QED) is 0.0283. The zero-order valence-corrected chi connectivity index (χ0v) is 44.8. The van der Waals surface area contributed by atoms with Crippen LogP contribution in [0.15, 0.2) is 54.1 Å². The van der Waals surface area contributed by atoms with Gasteiger partial charge in [-0.15, -0.1) is 6.42 Å². The number of nitrogens with one attached hydrogen (secondary N) is 3. The van der Waals surface area contributed by atoms with Crippen molar-refractivity contribution >= 4 is 47.1 Å². The van der Waals surface area contributed by atoms with Crippen LogP contribution in [-0.4, -0.2) is 185 Å². The maximum Gasteiger partial charge on any atom is 0.253 e. The normalized spacial score (nSPS) is 19.0. The van der Waals surface area contributed by atoms with Gasteiger partial charge in [-0.25, -0.2) is 0 Å². The first-order chi connectivity index (χ1) is 34.8. The largest absolute Gasteiger partial charge is 0.379 e. The Morgan fingerprint density at radius 2 is 1.52 bits per heavy atom. The molecule has 0 aromatic carbocycles. The van der Waals surface area contributed by atoms with Gasteiger partial charge in [0.25, 0.3) is 11.8 Å². The third-order valence-corrected chi connectivity index (χ3v) is 13.8. The van der Waals surface area contributed by atoms with Gasteiger partial charge >= 0.3 is 0 Å². The third-order valence-electron chi connectivity index (χ3n) is 13.8. The number of rotatable bonds is 33. The average molecular weight is 1020 g/mol. The molecule has 1 saturated carbocycles. The fraction of sp³-hybridized carbons (Fsp3) is 0.667. The monoisotopic (exact) mass is 1020 g/mol. The minimum Gasteiger partial charge on any atom is -0.379 e. The fourth-order valence-electron chi connectivity index (χ4n) is 9.72. The van der Waals surface area contributed by atoms with Gasteiger partial charge in [-0.3, -0.25) is 43.5 Å². The van der Waals surface area contributed by atoms with Crippen molar-refractivity contribution in [2.45, 2.75) is 134 Å². The first kappa shape index (κ1) is 61.8. The molecule has 3 rings (SSSR count). The predicted octanol–water partition coefficient (Wildman–Crippen LogP) is 3.33. The molecule has 7 amide bonds. The van der Waals surface area contributed by atoms with Gasteiger partial charge in [-0.1, -0.05) is 70.9 Å². The topological polar surface area (TPSA) is 224 Å². The maximum absolute atomic E-state index is 14.6. The molecule has 0 spiro atoms. The standard InChI is InChI=1S/C54H83N7O12/c1-13-19-38(14-2)34-41(40(15-3)55-9)56-51(66)37(6)50(70-12)42-22-18-26-60(42)47(65)35-43(69-11)49(39-20-16-17-21-39)59(10)52(67)48(36(4)5)57-53(68)54(7,8)58-44(62)25-28-71-30-32-73-33-31-72-29-27-61-45(63)23-24-46(61)64/h3,13-14,19,23-24,36-37,39,41-43,48-50H,1-2,16-18,20-22,25-35H2,4-12H3,(H,56,66)(H,57,68)(H,58,62)/b38-19+,55-40?/t37-,41+,42+,43-,48+,49+,50-/m1/s1. The zero-order chi connectivity index (χ0) is 54.3. The molecule has 2 fully saturated rings. The second kappa shape index (κ2) is 31.3. The highest BCUT2D eigenvalue weighted by atomic mass is 16.5. The van der Waals surface area contributed by atoms with E-state index >= 15 is 0 Å². The molecular formula is C54H83N7O12. The maximum atomic E-state index is 14.6. The number of methoxy groups -OCH3 is 2. The van der Waals surface area contributed by atoms with Crippen LogP contribution in [0.2, 0.25) is 0 Å². The van der Waals surface area contributed by atoms with Crippen molar-refractivity contribution < 1.29 is 57.2 Å². The third kappa shape index (κ3) is 18.4. The number of terminal acetylenes is 1. The zero-order valence-electron chi connectivity index (χ0n) is 44.8. The van der Waals surface area contributed by atoms with Crippen molar-refractivity contribution in [1.82, 2.24) is 30.7 Å². The number of carbonyl (C=O) groups is 7. The number of nitrogens with zero attached hydrogens (tertiary/aromatic N) is 4. The number of likely N-dealkylation sites (N-methyl/N-ethyl adjacent to an activating group) is 1. The van der Waals surface area contributed by atoms with Gasteiger partial charge < -0.3 is 49.4 Å². The number of amides is 7. The molecule has 0 radical (unpaired) electrons. The summed E-state index contributed by atoms with van der Waals surface area (Å²) in [6.07, 6.45) is 17.2. The lowest BCUT2D eigenvalue weighted by Gasteiger charge is -2.41. The lowest BCUT2D eigenvalue weighted by molar-refractivity contribution is -0.148. The molecule has 2 heterocycles. The van der Waals surface area contributed by atoms with Crippen LogP contribution < -0.4 is 16.0 Å². The van der Waals surface area contributed by atoms with Gasteiger partial charge in [0.15, 0.2) is 0 Å². The molecule has 7 atom stereocenters. The van der Waals surface area contributed by atoms with E-state index in [2.05, 4.69) is 40.0 Å². The Morgan fingerprint density at radius 1 is 0.904 bits per heavy atom. The second-order valence-electron chi connectivity index (χ2n) is 19.6. The van der Waals surface area contributed by atoms with Gasteiger partial charge in [0, 0.05) is 53.4 Å². The molecule has 3 aliphatic rings. The lowest BCUT2D eigenvalue weighted by Crippen LogP contribution is -2.62. The summed E-state index contributed by atoms with van der Waals surface area (Å²) in [6, 6.07) is -2.48. The van der Waals surface area contributed by atoms with Crippen molar-refractivity contribution in [2.75, 3.05) is 81.0 Å². The van der Waals surface area contributed by atoms with Gasteiger partial charge in [-0.05, 0) is 63.4 Å². The average Bonchev–Trinajstić information content (AvgIpc) is 4.14. The Morgan fingerprint density at radius 3 is 2.07 bits per heavy atom. The Labute approximate surface area is 433 Å². The highest BCUT2D eigenvalue weighted by molar-refractivity contribution is 6.12.